The number of hydrogen-bond acceptors (Lipinski definition) is 8. The van der Waals surface area contributed by atoms with Crippen LogP contribution in [-0.4, -0.2) is 75.9 Å². The Kier molecular flexibility index (Phi) is 8.90. The maximum atomic E-state index is 13.6. The van der Waals surface area contributed by atoms with E-state index in [2.05, 4.69) is 4.72 Å². The number of rotatable bonds is 9. The molecule has 2 N–H and O–H groups in total. The van der Waals surface area contributed by atoms with Crippen LogP contribution in [-0.2, 0) is 20.0 Å². The van der Waals surface area contributed by atoms with Gasteiger partial charge in [0.15, 0.2) is 5.75 Å². The summed E-state index contributed by atoms with van der Waals surface area (Å²) >= 11 is 1.05. The second-order valence-electron chi connectivity index (χ2n) is 9.94. The Labute approximate surface area is 239 Å². The number of fused-ring (bicyclic) bond motifs is 1. The molecule has 40 heavy (non-hydrogen) atoms. The van der Waals surface area contributed by atoms with Crippen molar-refractivity contribution < 1.29 is 31.5 Å². The van der Waals surface area contributed by atoms with Crippen LogP contribution in [0.15, 0.2) is 69.1 Å². The van der Waals surface area contributed by atoms with E-state index in [1.807, 2.05) is 13.8 Å². The van der Waals surface area contributed by atoms with Gasteiger partial charge in [0.25, 0.3) is 15.9 Å². The summed E-state index contributed by atoms with van der Waals surface area (Å²) in [6.07, 6.45) is -0.766. The van der Waals surface area contributed by atoms with Gasteiger partial charge in [-0.2, -0.15) is 4.31 Å². The van der Waals surface area contributed by atoms with E-state index in [0.717, 1.165) is 16.9 Å². The number of ether oxygens (including phenoxy) is 1. The van der Waals surface area contributed by atoms with Crippen molar-refractivity contribution in [3.63, 3.8) is 0 Å². The van der Waals surface area contributed by atoms with E-state index in [9.17, 15) is 26.7 Å². The number of aliphatic hydroxyl groups is 1. The lowest BCUT2D eigenvalue weighted by Crippen LogP contribution is -2.50. The fraction of sp³-hybridized carbons (Fsp3) is 0.370. The Morgan fingerprint density at radius 3 is 2.45 bits per heavy atom. The summed E-state index contributed by atoms with van der Waals surface area (Å²) in [6, 6.07) is 13.6. The predicted molar refractivity (Wildman–Crippen MR) is 154 cm³/mol. The molecule has 1 aliphatic heterocycles. The molecule has 0 fully saturated rings. The van der Waals surface area contributed by atoms with E-state index >= 15 is 0 Å². The number of anilines is 1. The van der Waals surface area contributed by atoms with Crippen molar-refractivity contribution >= 4 is 43.0 Å². The molecule has 0 spiro atoms. The van der Waals surface area contributed by atoms with Gasteiger partial charge in [-0.05, 0) is 49.6 Å². The SMILES string of the molecule is Cc1ccc(S(=O)(=O)N(C)C[C@H]2Oc3c(NS(=O)(=O)c4cccs4)cccc3C(=O)N([C@H](C)CO)C[C@H]2C)cc1. The van der Waals surface area contributed by atoms with E-state index in [1.54, 1.807) is 48.7 Å². The van der Waals surface area contributed by atoms with Gasteiger partial charge in [-0.15, -0.1) is 11.3 Å². The number of thiophene rings is 1. The van der Waals surface area contributed by atoms with Crippen molar-refractivity contribution in [3.8, 4) is 5.75 Å². The molecule has 0 radical (unpaired) electrons. The maximum absolute atomic E-state index is 13.6. The minimum atomic E-state index is -3.98. The molecular formula is C27H33N3O7S3. The molecule has 10 nitrogen and oxygen atoms in total. The predicted octanol–water partition coefficient (Wildman–Crippen LogP) is 3.40. The molecule has 2 aromatic carbocycles. The number of aryl methyl sites for hydroxylation is 1. The second-order valence-corrected chi connectivity index (χ2v) is 14.8. The third kappa shape index (κ3) is 6.18. The zero-order valence-electron chi connectivity index (χ0n) is 22.6. The first kappa shape index (κ1) is 30.0. The van der Waals surface area contributed by atoms with Crippen LogP contribution in [0.2, 0.25) is 0 Å². The Bertz CT molecular complexity index is 1560. The number of hydrogen-bond donors (Lipinski definition) is 2. The van der Waals surface area contributed by atoms with Crippen molar-refractivity contribution in [1.82, 2.24) is 9.21 Å². The van der Waals surface area contributed by atoms with Gasteiger partial charge in [0, 0.05) is 19.5 Å². The van der Waals surface area contributed by atoms with Crippen LogP contribution in [0, 0.1) is 12.8 Å². The maximum Gasteiger partial charge on any atom is 0.271 e. The van der Waals surface area contributed by atoms with E-state index in [-0.39, 0.29) is 51.7 Å². The number of likely N-dealkylation sites (N-methyl/N-ethyl adjacent to an activating group) is 1. The highest BCUT2D eigenvalue weighted by atomic mass is 32.2. The molecule has 0 saturated heterocycles. The lowest BCUT2D eigenvalue weighted by atomic mass is 9.99. The number of carbonyl (C=O) groups is 1. The average Bonchev–Trinajstić information content (AvgIpc) is 3.47. The van der Waals surface area contributed by atoms with Gasteiger partial charge in [-0.25, -0.2) is 16.8 Å². The fourth-order valence-corrected chi connectivity index (χ4v) is 7.63. The number of amides is 1. The summed E-state index contributed by atoms with van der Waals surface area (Å²) in [5, 5.41) is 11.5. The monoisotopic (exact) mass is 607 g/mol. The zero-order valence-corrected chi connectivity index (χ0v) is 25.1. The normalized spacial score (nSPS) is 18.9. The second kappa shape index (κ2) is 11.9. The number of carbonyl (C=O) groups excluding carboxylic acids is 1. The average molecular weight is 608 g/mol. The summed E-state index contributed by atoms with van der Waals surface area (Å²) in [7, 11) is -6.39. The van der Waals surface area contributed by atoms with Crippen molar-refractivity contribution in [1.29, 1.82) is 0 Å². The molecule has 0 unspecified atom stereocenters. The van der Waals surface area contributed by atoms with Crippen molar-refractivity contribution in [2.75, 3.05) is 31.5 Å². The van der Waals surface area contributed by atoms with Crippen LogP contribution >= 0.6 is 11.3 Å². The highest BCUT2D eigenvalue weighted by molar-refractivity contribution is 7.94. The molecule has 1 amide bonds. The van der Waals surface area contributed by atoms with Gasteiger partial charge < -0.3 is 14.7 Å². The van der Waals surface area contributed by atoms with Crippen LogP contribution < -0.4 is 9.46 Å². The lowest BCUT2D eigenvalue weighted by molar-refractivity contribution is 0.0389. The molecule has 2 heterocycles. The Morgan fingerprint density at radius 2 is 1.82 bits per heavy atom. The number of nitrogens with zero attached hydrogens (tertiary/aromatic N) is 2. The van der Waals surface area contributed by atoms with Gasteiger partial charge in [0.1, 0.15) is 10.3 Å². The minimum absolute atomic E-state index is 0.000421. The van der Waals surface area contributed by atoms with Gasteiger partial charge in [0.05, 0.1) is 35.3 Å². The molecule has 0 aliphatic carbocycles. The van der Waals surface area contributed by atoms with E-state index < -0.39 is 38.1 Å². The third-order valence-electron chi connectivity index (χ3n) is 6.86. The van der Waals surface area contributed by atoms with E-state index in [0.29, 0.717) is 0 Å². The van der Waals surface area contributed by atoms with Crippen LogP contribution in [0.25, 0.3) is 0 Å². The topological polar surface area (TPSA) is 133 Å². The fourth-order valence-electron chi connectivity index (χ4n) is 4.39. The van der Waals surface area contributed by atoms with Crippen molar-refractivity contribution in [2.45, 2.75) is 42.0 Å². The van der Waals surface area contributed by atoms with E-state index in [1.165, 1.54) is 34.5 Å². The first-order valence-corrected chi connectivity index (χ1v) is 16.5. The number of benzene rings is 2. The molecular weight excluding hydrogens is 575 g/mol. The van der Waals surface area contributed by atoms with Crippen LogP contribution in [0.3, 0.4) is 0 Å². The van der Waals surface area contributed by atoms with Gasteiger partial charge in [-0.3, -0.25) is 9.52 Å². The first-order chi connectivity index (χ1) is 18.8. The van der Waals surface area contributed by atoms with Gasteiger partial charge in [0.2, 0.25) is 10.0 Å². The quantitative estimate of drug-likeness (QED) is 0.381. The molecule has 0 saturated carbocycles. The summed E-state index contributed by atoms with van der Waals surface area (Å²) in [6.45, 7) is 5.23. The van der Waals surface area contributed by atoms with Crippen LogP contribution in [0.1, 0.15) is 29.8 Å². The van der Waals surface area contributed by atoms with Crippen molar-refractivity contribution in [2.24, 2.45) is 5.92 Å². The molecule has 0 bridgehead atoms. The molecule has 3 atom stereocenters. The highest BCUT2D eigenvalue weighted by Crippen LogP contribution is 2.36. The highest BCUT2D eigenvalue weighted by Gasteiger charge is 2.36. The smallest absolute Gasteiger partial charge is 0.271 e. The van der Waals surface area contributed by atoms with Crippen molar-refractivity contribution in [3.05, 3.63) is 71.1 Å². The standard InChI is InChI=1S/C27H33N3O7S3/c1-18-10-12-21(13-11-18)40(35,36)29(4)16-24-19(2)15-30(20(3)17-31)27(32)22-7-5-8-23(26(22)37-24)28-39(33,34)25-9-6-14-38-25/h5-14,19-20,24,28,31H,15-17H2,1-4H3/t19-,20-,24-/m1/s1. The minimum Gasteiger partial charge on any atom is -0.486 e. The first-order valence-electron chi connectivity index (χ1n) is 12.7. The number of para-hydroxylation sites is 1. The number of aliphatic hydroxyl groups excluding tert-OH is 1. The largest absolute Gasteiger partial charge is 0.486 e. The molecule has 1 aromatic heterocycles. The Balaban J connectivity index is 1.75. The lowest BCUT2D eigenvalue weighted by Gasteiger charge is -2.38. The summed E-state index contributed by atoms with van der Waals surface area (Å²) in [5.74, 6) is -0.816. The number of nitrogens with one attached hydrogen (secondary N) is 1. The molecule has 3 aromatic rings. The zero-order chi connectivity index (χ0) is 29.2. The van der Waals surface area contributed by atoms with Crippen LogP contribution in [0.5, 0.6) is 5.75 Å². The van der Waals surface area contributed by atoms with Gasteiger partial charge in [-0.1, -0.05) is 36.8 Å². The molecule has 4 rings (SSSR count). The summed E-state index contributed by atoms with van der Waals surface area (Å²) in [5.41, 5.74) is 1.09. The van der Waals surface area contributed by atoms with Gasteiger partial charge >= 0.3 is 0 Å². The number of sulfonamides is 2. The Hall–Kier alpha value is -2.97. The van der Waals surface area contributed by atoms with Crippen LogP contribution in [0.4, 0.5) is 5.69 Å². The van der Waals surface area contributed by atoms with E-state index in [4.69, 9.17) is 4.74 Å². The molecule has 216 valence electrons. The molecule has 1 aliphatic rings. The molecule has 13 heteroatoms. The Morgan fingerprint density at radius 1 is 1.12 bits per heavy atom. The summed E-state index contributed by atoms with van der Waals surface area (Å²) in [4.78, 5) is 15.3. The summed E-state index contributed by atoms with van der Waals surface area (Å²) < 4.78 is 63.0. The third-order valence-corrected chi connectivity index (χ3v) is 11.5.